The normalized spacial score (nSPS) is 17.9. The predicted octanol–water partition coefficient (Wildman–Crippen LogP) is 5.02. The Morgan fingerprint density at radius 1 is 1.14 bits per heavy atom. The predicted molar refractivity (Wildman–Crippen MR) is 134 cm³/mol. The van der Waals surface area contributed by atoms with Crippen molar-refractivity contribution in [3.05, 3.63) is 76.9 Å². The van der Waals surface area contributed by atoms with E-state index in [0.717, 1.165) is 27.9 Å². The van der Waals surface area contributed by atoms with E-state index >= 15 is 0 Å². The van der Waals surface area contributed by atoms with Crippen molar-refractivity contribution in [1.29, 1.82) is 0 Å². The lowest BCUT2D eigenvalue weighted by Gasteiger charge is -2.27. The number of carbonyl (C=O) groups excluding carboxylic acids is 2. The quantitative estimate of drug-likeness (QED) is 0.230. The largest absolute Gasteiger partial charge is 0.497 e. The van der Waals surface area contributed by atoms with Crippen LogP contribution in [-0.4, -0.2) is 33.2 Å². The van der Waals surface area contributed by atoms with Crippen LogP contribution >= 0.6 is 0 Å². The van der Waals surface area contributed by atoms with Gasteiger partial charge in [-0.3, -0.25) is 14.3 Å². The van der Waals surface area contributed by atoms with Crippen LogP contribution in [0.3, 0.4) is 0 Å². The van der Waals surface area contributed by atoms with Crippen molar-refractivity contribution in [3.8, 4) is 17.2 Å². The first-order chi connectivity index (χ1) is 17.4. The molecule has 182 valence electrons. The molecule has 8 heteroatoms. The smallest absolute Gasteiger partial charge is 0.312 e. The summed E-state index contributed by atoms with van der Waals surface area (Å²) in [6.07, 6.45) is 5.59. The molecule has 0 fully saturated rings. The minimum atomic E-state index is -0.338. The zero-order chi connectivity index (χ0) is 25.1. The minimum absolute atomic E-state index is 0.106. The topological polar surface area (TPSA) is 84.6 Å². The number of rotatable bonds is 4. The number of nitrogens with zero attached hydrogens (tertiary/aromatic N) is 3. The molecule has 0 spiro atoms. The fraction of sp³-hybridized carbons (Fsp3) is 0.250. The second-order valence-corrected chi connectivity index (χ2v) is 9.40. The minimum Gasteiger partial charge on any atom is -0.497 e. The summed E-state index contributed by atoms with van der Waals surface area (Å²) in [6, 6.07) is 11.2. The molecule has 4 heterocycles. The number of fused-ring (bicyclic) bond motifs is 4. The monoisotopic (exact) mass is 483 g/mol. The number of aryl methyl sites for hydroxylation is 1. The summed E-state index contributed by atoms with van der Waals surface area (Å²) < 4.78 is 21.1. The van der Waals surface area contributed by atoms with Gasteiger partial charge in [0.15, 0.2) is 5.76 Å². The molecule has 0 saturated carbocycles. The van der Waals surface area contributed by atoms with Crippen LogP contribution in [0.5, 0.6) is 17.2 Å². The van der Waals surface area contributed by atoms with Crippen LogP contribution < -0.4 is 14.2 Å². The van der Waals surface area contributed by atoms with Gasteiger partial charge in [0.2, 0.25) is 5.78 Å². The zero-order valence-electron chi connectivity index (χ0n) is 20.4. The maximum atomic E-state index is 13.4. The number of methoxy groups -OCH3 is 1. The molecule has 8 nitrogen and oxygen atoms in total. The molecular formula is C28H25N3O5. The first kappa shape index (κ1) is 22.2. The Balaban J connectivity index is 1.47. The van der Waals surface area contributed by atoms with Crippen molar-refractivity contribution >= 4 is 28.7 Å². The molecule has 6 rings (SSSR count). The molecule has 2 aromatic carbocycles. The number of esters is 1. The number of hydrogen-bond donors (Lipinski definition) is 0. The number of carbonyl (C=O) groups is 2. The van der Waals surface area contributed by atoms with Crippen LogP contribution in [0, 0.1) is 0 Å². The third-order valence-corrected chi connectivity index (χ3v) is 6.84. The number of benzene rings is 2. The Labute approximate surface area is 207 Å². The molecule has 0 bridgehead atoms. The van der Waals surface area contributed by atoms with Gasteiger partial charge < -0.3 is 18.8 Å². The van der Waals surface area contributed by atoms with Crippen LogP contribution in [0.4, 0.5) is 0 Å². The third-order valence-electron chi connectivity index (χ3n) is 6.84. The second kappa shape index (κ2) is 8.12. The lowest BCUT2D eigenvalue weighted by Crippen LogP contribution is -2.24. The summed E-state index contributed by atoms with van der Waals surface area (Å²) in [5, 5.41) is 5.40. The molecule has 2 aliphatic heterocycles. The molecule has 0 N–H and O–H groups in total. The number of ketones is 1. The molecule has 0 radical (unpaired) electrons. The number of aromatic nitrogens is 3. The molecule has 4 aromatic rings. The van der Waals surface area contributed by atoms with Crippen LogP contribution in [0.1, 0.15) is 59.4 Å². The van der Waals surface area contributed by atoms with Gasteiger partial charge in [0, 0.05) is 59.1 Å². The number of ether oxygens (including phenoxy) is 3. The van der Waals surface area contributed by atoms with E-state index < -0.39 is 0 Å². The average molecular weight is 484 g/mol. The Bertz CT molecular complexity index is 1590. The van der Waals surface area contributed by atoms with Gasteiger partial charge in [-0.15, -0.1) is 0 Å². The number of Topliss-reactive ketones (excluding diaryl/α,β-unsaturated/α-hetero) is 1. The Morgan fingerprint density at radius 3 is 2.75 bits per heavy atom. The molecule has 0 aliphatic carbocycles. The molecule has 1 atom stereocenters. The lowest BCUT2D eigenvalue weighted by atomic mass is 9.87. The van der Waals surface area contributed by atoms with E-state index in [2.05, 4.69) is 5.10 Å². The van der Waals surface area contributed by atoms with Crippen molar-refractivity contribution in [2.24, 2.45) is 7.05 Å². The summed E-state index contributed by atoms with van der Waals surface area (Å²) in [4.78, 5) is 25.9. The average Bonchev–Trinajstić information content (AvgIpc) is 3.55. The first-order valence-electron chi connectivity index (χ1n) is 11.8. The van der Waals surface area contributed by atoms with Crippen LogP contribution in [-0.2, 0) is 11.8 Å². The van der Waals surface area contributed by atoms with E-state index in [4.69, 9.17) is 14.2 Å². The molecule has 0 saturated heterocycles. The van der Waals surface area contributed by atoms with E-state index in [1.807, 2.05) is 60.6 Å². The Hall–Kier alpha value is -4.33. The van der Waals surface area contributed by atoms with E-state index in [1.165, 1.54) is 0 Å². The fourth-order valence-electron chi connectivity index (χ4n) is 5.18. The molecule has 2 aliphatic rings. The molecule has 0 amide bonds. The van der Waals surface area contributed by atoms with Crippen LogP contribution in [0.15, 0.2) is 54.6 Å². The van der Waals surface area contributed by atoms with E-state index in [0.29, 0.717) is 22.6 Å². The number of hydrogen-bond acceptors (Lipinski definition) is 6. The summed E-state index contributed by atoms with van der Waals surface area (Å²) >= 11 is 0. The van der Waals surface area contributed by atoms with Crippen molar-refractivity contribution in [1.82, 2.24) is 14.3 Å². The Morgan fingerprint density at radius 2 is 1.97 bits per heavy atom. The first-order valence-corrected chi connectivity index (χ1v) is 11.8. The highest BCUT2D eigenvalue weighted by Crippen LogP contribution is 2.49. The third kappa shape index (κ3) is 3.32. The zero-order valence-corrected chi connectivity index (χ0v) is 20.4. The highest BCUT2D eigenvalue weighted by Gasteiger charge is 2.39. The maximum absolute atomic E-state index is 13.4. The number of allylic oxidation sites excluding steroid dienone is 1. The van der Waals surface area contributed by atoms with Gasteiger partial charge in [-0.05, 0) is 56.3 Å². The molecule has 1 unspecified atom stereocenters. The molecule has 36 heavy (non-hydrogen) atoms. The van der Waals surface area contributed by atoms with Crippen LogP contribution in [0.2, 0.25) is 0 Å². The lowest BCUT2D eigenvalue weighted by molar-refractivity contribution is -0.135. The van der Waals surface area contributed by atoms with Gasteiger partial charge >= 0.3 is 5.97 Å². The standard InChI is InChI=1S/C28H25N3O5/c1-15(2)31-22(9-10-29-31)20-13-25(32)35-23-8-6-18-27(33)24(36-28(18)26(20)23)11-16-14-30(3)21-7-5-17(34-4)12-19(16)21/h5-12,14-15,20H,13H2,1-4H3. The van der Waals surface area contributed by atoms with Crippen molar-refractivity contribution in [3.63, 3.8) is 0 Å². The summed E-state index contributed by atoms with van der Waals surface area (Å²) in [7, 11) is 3.58. The summed E-state index contributed by atoms with van der Waals surface area (Å²) in [5.41, 5.74) is 3.89. The van der Waals surface area contributed by atoms with Crippen molar-refractivity contribution < 1.29 is 23.8 Å². The van der Waals surface area contributed by atoms with Gasteiger partial charge in [0.1, 0.15) is 17.2 Å². The van der Waals surface area contributed by atoms with Gasteiger partial charge in [0.05, 0.1) is 19.1 Å². The summed E-state index contributed by atoms with van der Waals surface area (Å²) in [6.45, 7) is 4.07. The SMILES string of the molecule is COc1ccc2c(c1)c(C=C1Oc3c(ccc4c3C(c3ccnn3C(C)C)CC(=O)O4)C1=O)cn2C. The highest BCUT2D eigenvalue weighted by atomic mass is 16.5. The van der Waals surface area contributed by atoms with Crippen LogP contribution in [0.25, 0.3) is 17.0 Å². The second-order valence-electron chi connectivity index (χ2n) is 9.40. The molecule has 2 aromatic heterocycles. The summed E-state index contributed by atoms with van der Waals surface area (Å²) in [5.74, 6) is 0.938. The van der Waals surface area contributed by atoms with Crippen molar-refractivity contribution in [2.45, 2.75) is 32.2 Å². The van der Waals surface area contributed by atoms with E-state index in [-0.39, 0.29) is 35.9 Å². The van der Waals surface area contributed by atoms with Crippen molar-refractivity contribution in [2.75, 3.05) is 7.11 Å². The fourth-order valence-corrected chi connectivity index (χ4v) is 5.18. The highest BCUT2D eigenvalue weighted by molar-refractivity contribution is 6.15. The molecular weight excluding hydrogens is 458 g/mol. The maximum Gasteiger partial charge on any atom is 0.312 e. The van der Waals surface area contributed by atoms with E-state index in [9.17, 15) is 9.59 Å². The van der Waals surface area contributed by atoms with E-state index in [1.54, 1.807) is 31.5 Å². The van der Waals surface area contributed by atoms with Gasteiger partial charge in [-0.1, -0.05) is 0 Å². The van der Waals surface area contributed by atoms with Gasteiger partial charge in [-0.2, -0.15) is 5.10 Å². The van der Waals surface area contributed by atoms with Gasteiger partial charge in [-0.25, -0.2) is 0 Å². The Kier molecular flexibility index (Phi) is 5.00. The van der Waals surface area contributed by atoms with Gasteiger partial charge in [0.25, 0.3) is 0 Å².